The number of carbonyl (C=O) groups is 2. The number of furan rings is 1. The number of nitrogens with one attached hydrogen (secondary N) is 3. The van der Waals surface area contributed by atoms with Crippen molar-refractivity contribution in [3.8, 4) is 0 Å². The van der Waals surface area contributed by atoms with Crippen LogP contribution in [0.15, 0.2) is 39.7 Å². The number of amides is 2. The van der Waals surface area contributed by atoms with Gasteiger partial charge in [0.05, 0.1) is 6.26 Å². The van der Waals surface area contributed by atoms with Gasteiger partial charge >= 0.3 is 0 Å². The van der Waals surface area contributed by atoms with Gasteiger partial charge in [-0.25, -0.2) is 5.10 Å². The Morgan fingerprint density at radius 2 is 1.90 bits per heavy atom. The summed E-state index contributed by atoms with van der Waals surface area (Å²) in [4.78, 5) is 33.9. The molecule has 0 spiro atoms. The fourth-order valence-electron chi connectivity index (χ4n) is 1.41. The third-order valence-corrected chi connectivity index (χ3v) is 2.35. The monoisotopic (exact) mass is 276 g/mol. The molecule has 0 bridgehead atoms. The van der Waals surface area contributed by atoms with Crippen LogP contribution in [0.4, 0.5) is 0 Å². The maximum Gasteiger partial charge on any atom is 0.287 e. The molecule has 0 atom stereocenters. The highest BCUT2D eigenvalue weighted by atomic mass is 16.3. The first kappa shape index (κ1) is 13.5. The summed E-state index contributed by atoms with van der Waals surface area (Å²) in [5, 5.41) is 10.9. The molecule has 0 saturated carbocycles. The Kier molecular flexibility index (Phi) is 4.28. The molecular weight excluding hydrogens is 264 g/mol. The van der Waals surface area contributed by atoms with Crippen LogP contribution >= 0.6 is 0 Å². The molecule has 0 aliphatic carbocycles. The Bertz CT molecular complexity index is 627. The third kappa shape index (κ3) is 3.55. The molecule has 0 aliphatic rings. The van der Waals surface area contributed by atoms with Crippen LogP contribution in [-0.4, -0.2) is 35.1 Å². The van der Waals surface area contributed by atoms with E-state index in [1.807, 2.05) is 0 Å². The van der Waals surface area contributed by atoms with E-state index in [2.05, 4.69) is 20.8 Å². The molecule has 104 valence electrons. The van der Waals surface area contributed by atoms with Gasteiger partial charge in [0.1, 0.15) is 5.69 Å². The number of hydrogen-bond acceptors (Lipinski definition) is 5. The zero-order chi connectivity index (χ0) is 14.4. The second-order valence-electron chi connectivity index (χ2n) is 3.80. The summed E-state index contributed by atoms with van der Waals surface area (Å²) >= 11 is 0. The van der Waals surface area contributed by atoms with Crippen LogP contribution in [0.2, 0.25) is 0 Å². The predicted octanol–water partition coefficient (Wildman–Crippen LogP) is -0.477. The number of H-pyrrole nitrogens is 1. The summed E-state index contributed by atoms with van der Waals surface area (Å²) in [6.45, 7) is 0.473. The van der Waals surface area contributed by atoms with Crippen molar-refractivity contribution in [2.45, 2.75) is 0 Å². The van der Waals surface area contributed by atoms with Gasteiger partial charge in [0.15, 0.2) is 5.76 Å². The topological polar surface area (TPSA) is 117 Å². The number of carbonyl (C=O) groups excluding carboxylic acids is 2. The number of rotatable bonds is 5. The molecular formula is C12H12N4O4. The van der Waals surface area contributed by atoms with Gasteiger partial charge in [-0.1, -0.05) is 0 Å². The average Bonchev–Trinajstić information content (AvgIpc) is 2.98. The molecule has 2 aromatic heterocycles. The van der Waals surface area contributed by atoms with E-state index in [0.717, 1.165) is 0 Å². The molecule has 20 heavy (non-hydrogen) atoms. The van der Waals surface area contributed by atoms with Crippen molar-refractivity contribution in [3.05, 3.63) is 52.3 Å². The van der Waals surface area contributed by atoms with Gasteiger partial charge in [-0.15, -0.1) is 0 Å². The number of aromatic amines is 1. The number of aromatic nitrogens is 2. The average molecular weight is 276 g/mol. The minimum absolute atomic E-state index is 0.0990. The molecule has 3 N–H and O–H groups in total. The number of hydrogen-bond donors (Lipinski definition) is 3. The van der Waals surface area contributed by atoms with Gasteiger partial charge in [-0.2, -0.15) is 5.10 Å². The first-order chi connectivity index (χ1) is 9.66. The molecule has 8 nitrogen and oxygen atoms in total. The molecule has 0 saturated heterocycles. The van der Waals surface area contributed by atoms with Crippen molar-refractivity contribution < 1.29 is 14.0 Å². The Morgan fingerprint density at radius 1 is 1.15 bits per heavy atom. The maximum atomic E-state index is 11.6. The fraction of sp³-hybridized carbons (Fsp3) is 0.167. The minimum atomic E-state index is -0.437. The van der Waals surface area contributed by atoms with Crippen molar-refractivity contribution >= 4 is 11.8 Å². The largest absolute Gasteiger partial charge is 0.459 e. The highest BCUT2D eigenvalue weighted by Gasteiger charge is 2.09. The van der Waals surface area contributed by atoms with Gasteiger partial charge < -0.3 is 15.1 Å². The molecule has 2 heterocycles. The van der Waals surface area contributed by atoms with E-state index < -0.39 is 5.91 Å². The smallest absolute Gasteiger partial charge is 0.287 e. The molecule has 2 aromatic rings. The highest BCUT2D eigenvalue weighted by molar-refractivity contribution is 5.92. The summed E-state index contributed by atoms with van der Waals surface area (Å²) < 4.78 is 4.91. The Morgan fingerprint density at radius 3 is 2.50 bits per heavy atom. The van der Waals surface area contributed by atoms with Crippen LogP contribution in [0.3, 0.4) is 0 Å². The Balaban J connectivity index is 1.73. The molecule has 0 fully saturated rings. The Labute approximate surface area is 113 Å². The fourth-order valence-corrected chi connectivity index (χ4v) is 1.41. The van der Waals surface area contributed by atoms with Gasteiger partial charge in [-0.3, -0.25) is 14.4 Å². The second kappa shape index (κ2) is 6.32. The summed E-state index contributed by atoms with van der Waals surface area (Å²) in [5.41, 5.74) is -0.283. The molecule has 0 aromatic carbocycles. The van der Waals surface area contributed by atoms with Gasteiger partial charge in [0, 0.05) is 19.2 Å². The highest BCUT2D eigenvalue weighted by Crippen LogP contribution is 1.98. The first-order valence-corrected chi connectivity index (χ1v) is 5.82. The van der Waals surface area contributed by atoms with Crippen LogP contribution in [0.25, 0.3) is 0 Å². The zero-order valence-corrected chi connectivity index (χ0v) is 10.4. The van der Waals surface area contributed by atoms with Crippen molar-refractivity contribution in [2.75, 3.05) is 13.1 Å². The van der Waals surface area contributed by atoms with E-state index in [1.165, 1.54) is 24.5 Å². The van der Waals surface area contributed by atoms with E-state index in [0.29, 0.717) is 0 Å². The van der Waals surface area contributed by atoms with E-state index in [-0.39, 0.29) is 36.0 Å². The van der Waals surface area contributed by atoms with Gasteiger partial charge in [0.25, 0.3) is 17.4 Å². The van der Waals surface area contributed by atoms with Crippen LogP contribution in [0, 0.1) is 0 Å². The van der Waals surface area contributed by atoms with Gasteiger partial charge in [0.2, 0.25) is 0 Å². The third-order valence-electron chi connectivity index (χ3n) is 2.35. The van der Waals surface area contributed by atoms with E-state index >= 15 is 0 Å². The minimum Gasteiger partial charge on any atom is -0.459 e. The molecule has 2 amide bonds. The summed E-state index contributed by atoms with van der Waals surface area (Å²) in [7, 11) is 0. The molecule has 0 radical (unpaired) electrons. The normalized spacial score (nSPS) is 10.0. The molecule has 0 unspecified atom stereocenters. The summed E-state index contributed by atoms with van der Waals surface area (Å²) in [6.07, 6.45) is 1.40. The van der Waals surface area contributed by atoms with Crippen molar-refractivity contribution in [3.63, 3.8) is 0 Å². The second-order valence-corrected chi connectivity index (χ2v) is 3.80. The molecule has 0 aliphatic heterocycles. The molecule has 8 heteroatoms. The summed E-state index contributed by atoms with van der Waals surface area (Å²) in [5.74, 6) is -0.585. The van der Waals surface area contributed by atoms with E-state index in [4.69, 9.17) is 4.42 Å². The number of nitrogens with zero attached hydrogens (tertiary/aromatic N) is 1. The maximum absolute atomic E-state index is 11.6. The van der Waals surface area contributed by atoms with Crippen LogP contribution in [0.5, 0.6) is 0 Å². The zero-order valence-electron chi connectivity index (χ0n) is 10.4. The van der Waals surface area contributed by atoms with Crippen molar-refractivity contribution in [1.29, 1.82) is 0 Å². The predicted molar refractivity (Wildman–Crippen MR) is 68.2 cm³/mol. The quantitative estimate of drug-likeness (QED) is 0.638. The lowest BCUT2D eigenvalue weighted by molar-refractivity contribution is 0.0909. The van der Waals surface area contributed by atoms with Crippen LogP contribution in [0.1, 0.15) is 21.0 Å². The van der Waals surface area contributed by atoms with Crippen LogP contribution in [-0.2, 0) is 0 Å². The first-order valence-electron chi connectivity index (χ1n) is 5.82. The molecule has 2 rings (SSSR count). The lowest BCUT2D eigenvalue weighted by Gasteiger charge is -2.05. The SMILES string of the molecule is O=C(NCCNC(=O)c1ccco1)c1ccc(=O)[nH]n1. The van der Waals surface area contributed by atoms with Crippen molar-refractivity contribution in [2.24, 2.45) is 0 Å². The summed E-state index contributed by atoms with van der Waals surface area (Å²) in [6, 6.07) is 5.67. The standard InChI is InChI=1S/C12H12N4O4/c17-10-4-3-8(15-16-10)11(18)13-5-6-14-12(19)9-2-1-7-20-9/h1-4,7H,5-6H2,(H,13,18)(H,14,19)(H,16,17). The van der Waals surface area contributed by atoms with E-state index in [9.17, 15) is 14.4 Å². The lowest BCUT2D eigenvalue weighted by atomic mass is 10.3. The van der Waals surface area contributed by atoms with Crippen LogP contribution < -0.4 is 16.2 Å². The van der Waals surface area contributed by atoms with Gasteiger partial charge in [-0.05, 0) is 18.2 Å². The Hall–Kier alpha value is -2.90. The lowest BCUT2D eigenvalue weighted by Crippen LogP contribution is -2.35. The van der Waals surface area contributed by atoms with E-state index in [1.54, 1.807) is 6.07 Å². The van der Waals surface area contributed by atoms with Crippen molar-refractivity contribution in [1.82, 2.24) is 20.8 Å².